The Labute approximate surface area is 152 Å². The Balaban J connectivity index is 1.40. The van der Waals surface area contributed by atoms with Gasteiger partial charge in [-0.05, 0) is 56.6 Å². The van der Waals surface area contributed by atoms with Crippen LogP contribution in [0.25, 0.3) is 11.4 Å². The molecule has 0 radical (unpaired) electrons. The van der Waals surface area contributed by atoms with Gasteiger partial charge < -0.3 is 14.6 Å². The van der Waals surface area contributed by atoms with Gasteiger partial charge in [0.05, 0.1) is 0 Å². The fourth-order valence-electron chi connectivity index (χ4n) is 3.22. The van der Waals surface area contributed by atoms with Crippen LogP contribution in [-0.2, 0) is 6.61 Å². The number of hydrogen-bond acceptors (Lipinski definition) is 6. The summed E-state index contributed by atoms with van der Waals surface area (Å²) in [5.74, 6) is 2.51. The molecule has 6 nitrogen and oxygen atoms in total. The number of piperidine rings is 1. The monoisotopic (exact) mass is 350 g/mol. The third-order valence-electron chi connectivity index (χ3n) is 4.66. The third kappa shape index (κ3) is 3.91. The molecular weight excluding hydrogens is 328 g/mol. The SMILES string of the molecule is C[C@H]1C[C@@H](c2nc(-c3ccc(OCc4cccnc4)cc3)no2)CCN1. The quantitative estimate of drug-likeness (QED) is 0.758. The van der Waals surface area contributed by atoms with E-state index in [0.29, 0.717) is 24.4 Å². The number of pyridine rings is 1. The first kappa shape index (κ1) is 16.7. The van der Waals surface area contributed by atoms with Crippen LogP contribution >= 0.6 is 0 Å². The number of hydrogen-bond donors (Lipinski definition) is 1. The predicted octanol–water partition coefficient (Wildman–Crippen LogP) is 3.57. The molecule has 0 unspecified atom stereocenters. The molecule has 1 aliphatic heterocycles. The molecule has 6 heteroatoms. The van der Waals surface area contributed by atoms with Crippen molar-refractivity contribution in [1.29, 1.82) is 0 Å². The Kier molecular flexibility index (Phi) is 4.93. The maximum Gasteiger partial charge on any atom is 0.230 e. The molecule has 2 atom stereocenters. The van der Waals surface area contributed by atoms with Crippen LogP contribution in [0.5, 0.6) is 5.75 Å². The molecule has 1 N–H and O–H groups in total. The molecule has 1 aliphatic rings. The minimum Gasteiger partial charge on any atom is -0.489 e. The number of aromatic nitrogens is 3. The molecular formula is C20H22N4O2. The molecule has 1 fully saturated rings. The van der Waals surface area contributed by atoms with Gasteiger partial charge in [0.1, 0.15) is 12.4 Å². The lowest BCUT2D eigenvalue weighted by molar-refractivity contribution is 0.295. The summed E-state index contributed by atoms with van der Waals surface area (Å²) in [6.07, 6.45) is 5.62. The molecule has 26 heavy (non-hydrogen) atoms. The highest BCUT2D eigenvalue weighted by atomic mass is 16.5. The second-order valence-electron chi connectivity index (χ2n) is 6.71. The summed E-state index contributed by atoms with van der Waals surface area (Å²) in [7, 11) is 0. The van der Waals surface area contributed by atoms with E-state index in [-0.39, 0.29) is 0 Å². The average molecular weight is 350 g/mol. The Morgan fingerprint density at radius 2 is 2.12 bits per heavy atom. The van der Waals surface area contributed by atoms with Crippen LogP contribution in [-0.4, -0.2) is 27.7 Å². The second kappa shape index (κ2) is 7.66. The number of nitrogens with zero attached hydrogens (tertiary/aromatic N) is 3. The van der Waals surface area contributed by atoms with E-state index < -0.39 is 0 Å². The Morgan fingerprint density at radius 3 is 2.88 bits per heavy atom. The molecule has 2 aromatic heterocycles. The minimum absolute atomic E-state index is 0.342. The average Bonchev–Trinajstić information content (AvgIpc) is 3.18. The normalized spacial score (nSPS) is 20.0. The first-order chi connectivity index (χ1) is 12.8. The van der Waals surface area contributed by atoms with Crippen molar-refractivity contribution in [2.24, 2.45) is 0 Å². The van der Waals surface area contributed by atoms with Crippen LogP contribution in [0.15, 0.2) is 53.3 Å². The van der Waals surface area contributed by atoms with Gasteiger partial charge in [0, 0.05) is 35.5 Å². The van der Waals surface area contributed by atoms with E-state index in [2.05, 4.69) is 27.4 Å². The fourth-order valence-corrected chi connectivity index (χ4v) is 3.22. The van der Waals surface area contributed by atoms with Crippen molar-refractivity contribution in [2.75, 3.05) is 6.54 Å². The van der Waals surface area contributed by atoms with Crippen molar-refractivity contribution < 1.29 is 9.26 Å². The molecule has 0 bridgehead atoms. The Morgan fingerprint density at radius 1 is 1.23 bits per heavy atom. The summed E-state index contributed by atoms with van der Waals surface area (Å²) in [4.78, 5) is 8.69. The maximum atomic E-state index is 5.78. The zero-order chi connectivity index (χ0) is 17.8. The van der Waals surface area contributed by atoms with Gasteiger partial charge >= 0.3 is 0 Å². The van der Waals surface area contributed by atoms with Crippen LogP contribution in [0.3, 0.4) is 0 Å². The van der Waals surface area contributed by atoms with Crippen molar-refractivity contribution in [3.8, 4) is 17.1 Å². The summed E-state index contributed by atoms with van der Waals surface area (Å²) in [5.41, 5.74) is 1.96. The van der Waals surface area contributed by atoms with Gasteiger partial charge in [-0.1, -0.05) is 11.2 Å². The van der Waals surface area contributed by atoms with E-state index in [9.17, 15) is 0 Å². The molecule has 4 rings (SSSR count). The molecule has 3 aromatic rings. The van der Waals surface area contributed by atoms with Gasteiger partial charge in [-0.2, -0.15) is 4.98 Å². The van der Waals surface area contributed by atoms with Crippen molar-refractivity contribution in [3.63, 3.8) is 0 Å². The van der Waals surface area contributed by atoms with Gasteiger partial charge in [0.15, 0.2) is 0 Å². The van der Waals surface area contributed by atoms with E-state index >= 15 is 0 Å². The molecule has 134 valence electrons. The summed E-state index contributed by atoms with van der Waals surface area (Å²) >= 11 is 0. The molecule has 1 saturated heterocycles. The smallest absolute Gasteiger partial charge is 0.230 e. The number of ether oxygens (including phenoxy) is 1. The highest BCUT2D eigenvalue weighted by Gasteiger charge is 2.25. The van der Waals surface area contributed by atoms with Crippen LogP contribution < -0.4 is 10.1 Å². The van der Waals surface area contributed by atoms with Crippen molar-refractivity contribution in [3.05, 3.63) is 60.2 Å². The summed E-state index contributed by atoms with van der Waals surface area (Å²) in [6.45, 7) is 3.67. The predicted molar refractivity (Wildman–Crippen MR) is 97.7 cm³/mol. The highest BCUT2D eigenvalue weighted by Crippen LogP contribution is 2.28. The van der Waals surface area contributed by atoms with E-state index in [1.54, 1.807) is 12.4 Å². The summed E-state index contributed by atoms with van der Waals surface area (Å²) in [6, 6.07) is 12.1. The van der Waals surface area contributed by atoms with Crippen LogP contribution in [0.4, 0.5) is 0 Å². The highest BCUT2D eigenvalue weighted by molar-refractivity contribution is 5.55. The van der Waals surface area contributed by atoms with Crippen LogP contribution in [0, 0.1) is 0 Å². The topological polar surface area (TPSA) is 73.1 Å². The lowest BCUT2D eigenvalue weighted by Gasteiger charge is -2.25. The Hall–Kier alpha value is -2.73. The molecule has 0 saturated carbocycles. The van der Waals surface area contributed by atoms with Crippen molar-refractivity contribution >= 4 is 0 Å². The van der Waals surface area contributed by atoms with Gasteiger partial charge in [-0.25, -0.2) is 0 Å². The maximum absolute atomic E-state index is 5.78. The Bertz CT molecular complexity index is 833. The zero-order valence-electron chi connectivity index (χ0n) is 14.8. The standard InChI is InChI=1S/C20H22N4O2/c1-14-11-17(8-10-22-14)20-23-19(24-26-20)16-4-6-18(7-5-16)25-13-15-3-2-9-21-12-15/h2-7,9,12,14,17,22H,8,10-11,13H2,1H3/t14-,17-/m0/s1. The lowest BCUT2D eigenvalue weighted by atomic mass is 9.93. The molecule has 0 aliphatic carbocycles. The first-order valence-electron chi connectivity index (χ1n) is 8.97. The number of benzene rings is 1. The van der Waals surface area contributed by atoms with Gasteiger partial charge in [0.2, 0.25) is 11.7 Å². The van der Waals surface area contributed by atoms with E-state index in [0.717, 1.165) is 42.2 Å². The minimum atomic E-state index is 0.342. The van der Waals surface area contributed by atoms with Gasteiger partial charge in [0.25, 0.3) is 0 Å². The largest absolute Gasteiger partial charge is 0.489 e. The van der Waals surface area contributed by atoms with E-state index in [4.69, 9.17) is 9.26 Å². The molecule has 3 heterocycles. The second-order valence-corrected chi connectivity index (χ2v) is 6.71. The molecule has 0 spiro atoms. The third-order valence-corrected chi connectivity index (χ3v) is 4.66. The summed E-state index contributed by atoms with van der Waals surface area (Å²) in [5, 5.41) is 7.60. The molecule has 0 amide bonds. The van der Waals surface area contributed by atoms with Crippen LogP contribution in [0.1, 0.15) is 37.1 Å². The van der Waals surface area contributed by atoms with E-state index in [1.807, 2.05) is 36.4 Å². The summed E-state index contributed by atoms with van der Waals surface area (Å²) < 4.78 is 11.3. The fraction of sp³-hybridized carbons (Fsp3) is 0.350. The number of nitrogens with one attached hydrogen (secondary N) is 1. The molecule has 1 aromatic carbocycles. The van der Waals surface area contributed by atoms with Gasteiger partial charge in [-0.15, -0.1) is 0 Å². The van der Waals surface area contributed by atoms with Crippen molar-refractivity contribution in [2.45, 2.75) is 38.3 Å². The first-order valence-corrected chi connectivity index (χ1v) is 8.97. The van der Waals surface area contributed by atoms with Crippen LogP contribution in [0.2, 0.25) is 0 Å². The lowest BCUT2D eigenvalue weighted by Crippen LogP contribution is -2.34. The van der Waals surface area contributed by atoms with Crippen molar-refractivity contribution in [1.82, 2.24) is 20.4 Å². The van der Waals surface area contributed by atoms with Gasteiger partial charge in [-0.3, -0.25) is 4.98 Å². The number of rotatable bonds is 5. The zero-order valence-corrected chi connectivity index (χ0v) is 14.8. The van der Waals surface area contributed by atoms with E-state index in [1.165, 1.54) is 0 Å².